The molecule has 2 heterocycles. The van der Waals surface area contributed by atoms with E-state index in [1.807, 2.05) is 0 Å². The van der Waals surface area contributed by atoms with E-state index in [9.17, 15) is 19.2 Å². The predicted octanol–water partition coefficient (Wildman–Crippen LogP) is -0.688. The Bertz CT molecular complexity index is 715. The van der Waals surface area contributed by atoms with Crippen molar-refractivity contribution in [1.82, 2.24) is 10.2 Å². The number of nitrogens with one attached hydrogen (secondary N) is 1. The molecule has 8 heteroatoms. The van der Waals surface area contributed by atoms with Crippen molar-refractivity contribution in [3.8, 4) is 5.75 Å². The molecule has 2 aliphatic rings. The fourth-order valence-electron chi connectivity index (χ4n) is 2.82. The molecule has 0 radical (unpaired) electrons. The number of carbonyl (C=O) groups is 4. The maximum atomic E-state index is 12.5. The zero-order chi connectivity index (χ0) is 16.6. The molecule has 0 bridgehead atoms. The zero-order valence-corrected chi connectivity index (χ0v) is 12.2. The molecule has 3 rings (SSSR count). The highest BCUT2D eigenvalue weighted by Gasteiger charge is 2.40. The SMILES string of the molecule is NCC(=O)Oc1cccc2c1CN(C1CCC(=O)NC1=O)C2=O. The third-order valence-corrected chi connectivity index (χ3v) is 3.93. The molecule has 2 aliphatic heterocycles. The van der Waals surface area contributed by atoms with Crippen molar-refractivity contribution in [2.75, 3.05) is 6.54 Å². The number of benzene rings is 1. The van der Waals surface area contributed by atoms with Crippen molar-refractivity contribution in [3.05, 3.63) is 29.3 Å². The molecule has 0 saturated carbocycles. The lowest BCUT2D eigenvalue weighted by Crippen LogP contribution is -2.52. The third kappa shape index (κ3) is 2.68. The smallest absolute Gasteiger partial charge is 0.325 e. The lowest BCUT2D eigenvalue weighted by molar-refractivity contribution is -0.137. The highest BCUT2D eigenvalue weighted by atomic mass is 16.5. The molecule has 8 nitrogen and oxygen atoms in total. The minimum Gasteiger partial charge on any atom is -0.425 e. The van der Waals surface area contributed by atoms with Crippen molar-refractivity contribution in [1.29, 1.82) is 0 Å². The van der Waals surface area contributed by atoms with E-state index in [1.165, 1.54) is 4.90 Å². The highest BCUT2D eigenvalue weighted by molar-refractivity contribution is 6.05. The van der Waals surface area contributed by atoms with Gasteiger partial charge in [0.15, 0.2) is 0 Å². The standard InChI is InChI=1S/C15H15N3O5/c16-6-13(20)23-11-3-1-2-8-9(11)7-18(15(8)22)10-4-5-12(19)17-14(10)21/h1-3,10H,4-7,16H2,(H,17,19,21). The Balaban J connectivity index is 1.87. The van der Waals surface area contributed by atoms with Gasteiger partial charge in [-0.15, -0.1) is 0 Å². The summed E-state index contributed by atoms with van der Waals surface area (Å²) in [5.41, 5.74) is 6.16. The Morgan fingerprint density at radius 2 is 2.13 bits per heavy atom. The van der Waals surface area contributed by atoms with E-state index in [4.69, 9.17) is 10.5 Å². The Hall–Kier alpha value is -2.74. The Morgan fingerprint density at radius 3 is 2.83 bits per heavy atom. The first-order valence-corrected chi connectivity index (χ1v) is 7.18. The first-order chi connectivity index (χ1) is 11.0. The molecule has 1 aromatic carbocycles. The number of fused-ring (bicyclic) bond motifs is 1. The van der Waals surface area contributed by atoms with Crippen LogP contribution >= 0.6 is 0 Å². The maximum Gasteiger partial charge on any atom is 0.325 e. The Morgan fingerprint density at radius 1 is 1.35 bits per heavy atom. The Kier molecular flexibility index (Phi) is 3.83. The lowest BCUT2D eigenvalue weighted by Gasteiger charge is -2.29. The zero-order valence-electron chi connectivity index (χ0n) is 12.2. The molecule has 3 amide bonds. The largest absolute Gasteiger partial charge is 0.425 e. The van der Waals surface area contributed by atoms with E-state index in [1.54, 1.807) is 18.2 Å². The first-order valence-electron chi connectivity index (χ1n) is 7.18. The second kappa shape index (κ2) is 5.81. The van der Waals surface area contributed by atoms with Gasteiger partial charge in [0.05, 0.1) is 13.1 Å². The summed E-state index contributed by atoms with van der Waals surface area (Å²) < 4.78 is 5.14. The van der Waals surface area contributed by atoms with Gasteiger partial charge in [-0.25, -0.2) is 0 Å². The van der Waals surface area contributed by atoms with E-state index in [2.05, 4.69) is 5.32 Å². The Labute approximate surface area is 131 Å². The molecule has 0 spiro atoms. The number of amides is 3. The minimum atomic E-state index is -0.703. The van der Waals surface area contributed by atoms with Crippen LogP contribution < -0.4 is 15.8 Å². The molecule has 0 aliphatic carbocycles. The van der Waals surface area contributed by atoms with Crippen LogP contribution in [-0.2, 0) is 20.9 Å². The number of hydrogen-bond donors (Lipinski definition) is 2. The number of piperidine rings is 1. The minimum absolute atomic E-state index is 0.147. The summed E-state index contributed by atoms with van der Waals surface area (Å²) >= 11 is 0. The molecule has 3 N–H and O–H groups in total. The highest BCUT2D eigenvalue weighted by Crippen LogP contribution is 2.33. The normalized spacial score (nSPS) is 20.3. The van der Waals surface area contributed by atoms with Crippen LogP contribution in [-0.4, -0.2) is 41.2 Å². The lowest BCUT2D eigenvalue weighted by atomic mass is 10.0. The summed E-state index contributed by atoms with van der Waals surface area (Å²) in [6, 6.07) is 4.09. The quantitative estimate of drug-likeness (QED) is 0.433. The molecule has 120 valence electrons. The topological polar surface area (TPSA) is 119 Å². The van der Waals surface area contributed by atoms with E-state index < -0.39 is 17.9 Å². The van der Waals surface area contributed by atoms with E-state index in [-0.39, 0.29) is 43.5 Å². The van der Waals surface area contributed by atoms with Gasteiger partial charge in [-0.3, -0.25) is 24.5 Å². The molecule has 1 atom stereocenters. The van der Waals surface area contributed by atoms with E-state index in [0.717, 1.165) is 0 Å². The number of rotatable bonds is 3. The summed E-state index contributed by atoms with van der Waals surface area (Å²) in [6.45, 7) is -0.122. The number of nitrogens with two attached hydrogens (primary N) is 1. The second-order valence-corrected chi connectivity index (χ2v) is 5.36. The van der Waals surface area contributed by atoms with Gasteiger partial charge < -0.3 is 15.4 Å². The van der Waals surface area contributed by atoms with Crippen molar-refractivity contribution >= 4 is 23.7 Å². The van der Waals surface area contributed by atoms with Crippen LogP contribution in [0.2, 0.25) is 0 Å². The van der Waals surface area contributed by atoms with Crippen LogP contribution in [0.25, 0.3) is 0 Å². The van der Waals surface area contributed by atoms with E-state index in [0.29, 0.717) is 11.1 Å². The van der Waals surface area contributed by atoms with Crippen LogP contribution in [0.5, 0.6) is 5.75 Å². The van der Waals surface area contributed by atoms with Crippen LogP contribution in [0, 0.1) is 0 Å². The van der Waals surface area contributed by atoms with Gasteiger partial charge in [0.1, 0.15) is 11.8 Å². The first kappa shape index (κ1) is 15.2. The third-order valence-electron chi connectivity index (χ3n) is 3.93. The monoisotopic (exact) mass is 317 g/mol. The van der Waals surface area contributed by atoms with Gasteiger partial charge in [-0.2, -0.15) is 0 Å². The van der Waals surface area contributed by atoms with Crippen molar-refractivity contribution in [2.45, 2.75) is 25.4 Å². The average Bonchev–Trinajstić information content (AvgIpc) is 2.86. The summed E-state index contributed by atoms with van der Waals surface area (Å²) in [5.74, 6) is -1.48. The van der Waals surface area contributed by atoms with Gasteiger partial charge in [-0.05, 0) is 18.6 Å². The summed E-state index contributed by atoms with van der Waals surface area (Å²) in [4.78, 5) is 48.5. The molecular formula is C15H15N3O5. The fraction of sp³-hybridized carbons (Fsp3) is 0.333. The number of carbonyl (C=O) groups excluding carboxylic acids is 4. The van der Waals surface area contributed by atoms with Crippen molar-refractivity contribution < 1.29 is 23.9 Å². The second-order valence-electron chi connectivity index (χ2n) is 5.36. The van der Waals surface area contributed by atoms with E-state index >= 15 is 0 Å². The van der Waals surface area contributed by atoms with Crippen LogP contribution in [0.15, 0.2) is 18.2 Å². The molecule has 1 unspecified atom stereocenters. The summed E-state index contributed by atoms with van der Waals surface area (Å²) in [6.07, 6.45) is 0.466. The van der Waals surface area contributed by atoms with Crippen LogP contribution in [0.1, 0.15) is 28.8 Å². The molecule has 1 aromatic rings. The summed E-state index contributed by atoms with van der Waals surface area (Å²) in [5, 5.41) is 2.24. The molecule has 0 aromatic heterocycles. The number of ether oxygens (including phenoxy) is 1. The van der Waals surface area contributed by atoms with Gasteiger partial charge in [0.2, 0.25) is 11.8 Å². The number of nitrogens with zero attached hydrogens (tertiary/aromatic N) is 1. The predicted molar refractivity (Wildman–Crippen MR) is 77.2 cm³/mol. The van der Waals surface area contributed by atoms with Gasteiger partial charge in [0, 0.05) is 17.5 Å². The van der Waals surface area contributed by atoms with Crippen LogP contribution in [0.4, 0.5) is 0 Å². The number of esters is 1. The van der Waals surface area contributed by atoms with Gasteiger partial charge >= 0.3 is 5.97 Å². The van der Waals surface area contributed by atoms with Crippen LogP contribution in [0.3, 0.4) is 0 Å². The summed E-state index contributed by atoms with van der Waals surface area (Å²) in [7, 11) is 0. The van der Waals surface area contributed by atoms with Crippen molar-refractivity contribution in [3.63, 3.8) is 0 Å². The average molecular weight is 317 g/mol. The number of hydrogen-bond acceptors (Lipinski definition) is 6. The molecule has 23 heavy (non-hydrogen) atoms. The fourth-order valence-corrected chi connectivity index (χ4v) is 2.82. The molecule has 1 saturated heterocycles. The van der Waals surface area contributed by atoms with Gasteiger partial charge in [-0.1, -0.05) is 6.07 Å². The molecular weight excluding hydrogens is 302 g/mol. The number of imide groups is 1. The van der Waals surface area contributed by atoms with Gasteiger partial charge in [0.25, 0.3) is 5.91 Å². The maximum absolute atomic E-state index is 12.5. The molecule has 1 fully saturated rings. The van der Waals surface area contributed by atoms with Crippen molar-refractivity contribution in [2.24, 2.45) is 5.73 Å².